The number of carbonyl (C=O) groups is 1. The van der Waals surface area contributed by atoms with Crippen molar-refractivity contribution in [1.29, 1.82) is 0 Å². The van der Waals surface area contributed by atoms with Gasteiger partial charge < -0.3 is 5.11 Å². The number of carboxylic acids is 1. The average Bonchev–Trinajstić information content (AvgIpc) is 3.05. The van der Waals surface area contributed by atoms with Gasteiger partial charge in [0.15, 0.2) is 0 Å². The topological polar surface area (TPSA) is 71.2 Å². The highest BCUT2D eigenvalue weighted by Gasteiger charge is 2.32. The summed E-state index contributed by atoms with van der Waals surface area (Å²) in [6, 6.07) is 4.34. The van der Waals surface area contributed by atoms with Crippen molar-refractivity contribution in [3.8, 4) is 0 Å². The number of benzene rings is 1. The summed E-state index contributed by atoms with van der Waals surface area (Å²) in [6.45, 7) is 1.31. The van der Waals surface area contributed by atoms with E-state index in [1.54, 1.807) is 29.2 Å². The molecule has 2 unspecified atom stereocenters. The maximum Gasteiger partial charge on any atom is 0.325 e. The number of halogens is 2. The minimum atomic E-state index is -0.900. The molecule has 0 spiro atoms. The molecule has 1 fully saturated rings. The van der Waals surface area contributed by atoms with Crippen LogP contribution in [0, 0.1) is 0 Å². The van der Waals surface area contributed by atoms with Gasteiger partial charge in [0.1, 0.15) is 18.7 Å². The molecule has 8 heteroatoms. The summed E-state index contributed by atoms with van der Waals surface area (Å²) in [6.07, 6.45) is 5.01. The summed E-state index contributed by atoms with van der Waals surface area (Å²) in [5, 5.41) is 14.7. The maximum atomic E-state index is 11.8. The fourth-order valence-electron chi connectivity index (χ4n) is 3.03. The molecule has 1 aliphatic heterocycles. The van der Waals surface area contributed by atoms with Crippen LogP contribution in [0.5, 0.6) is 0 Å². The van der Waals surface area contributed by atoms with Crippen LogP contribution in [0.15, 0.2) is 30.9 Å². The SMILES string of the molecule is O=C(O)C(c1ccc(Cl)c(Cl)c1)N1CCCC(n2cncn2)C1. The molecule has 0 aliphatic carbocycles. The van der Waals surface area contributed by atoms with E-state index in [1.165, 1.54) is 6.33 Å². The van der Waals surface area contributed by atoms with Crippen molar-refractivity contribution in [3.05, 3.63) is 46.5 Å². The van der Waals surface area contributed by atoms with E-state index in [0.717, 1.165) is 12.8 Å². The number of carboxylic acid groups (broad SMARTS) is 1. The van der Waals surface area contributed by atoms with Gasteiger partial charge in [-0.15, -0.1) is 0 Å². The molecule has 6 nitrogen and oxygen atoms in total. The molecule has 1 aromatic heterocycles. The number of hydrogen-bond acceptors (Lipinski definition) is 4. The predicted octanol–water partition coefficient (Wildman–Crippen LogP) is 3.05. The van der Waals surface area contributed by atoms with Gasteiger partial charge in [0, 0.05) is 6.54 Å². The van der Waals surface area contributed by atoms with Gasteiger partial charge >= 0.3 is 5.97 Å². The third-order valence-electron chi connectivity index (χ3n) is 4.10. The summed E-state index contributed by atoms with van der Waals surface area (Å²) < 4.78 is 1.79. The summed E-state index contributed by atoms with van der Waals surface area (Å²) >= 11 is 12.0. The van der Waals surface area contributed by atoms with Crippen LogP contribution < -0.4 is 0 Å². The Morgan fingerprint density at radius 2 is 2.17 bits per heavy atom. The molecule has 0 bridgehead atoms. The molecule has 0 radical (unpaired) electrons. The Hall–Kier alpha value is -1.63. The third-order valence-corrected chi connectivity index (χ3v) is 4.84. The van der Waals surface area contributed by atoms with Crippen LogP contribution in [0.3, 0.4) is 0 Å². The van der Waals surface area contributed by atoms with Gasteiger partial charge in [-0.25, -0.2) is 9.67 Å². The highest BCUT2D eigenvalue weighted by atomic mass is 35.5. The molecular formula is C15H16Cl2N4O2. The lowest BCUT2D eigenvalue weighted by Gasteiger charge is -2.36. The van der Waals surface area contributed by atoms with Crippen LogP contribution in [0.4, 0.5) is 0 Å². The minimum Gasteiger partial charge on any atom is -0.480 e. The Kier molecular flexibility index (Phi) is 4.84. The molecule has 2 heterocycles. The van der Waals surface area contributed by atoms with E-state index in [9.17, 15) is 9.90 Å². The Morgan fingerprint density at radius 3 is 2.83 bits per heavy atom. The number of piperidine rings is 1. The quantitative estimate of drug-likeness (QED) is 0.913. The highest BCUT2D eigenvalue weighted by Crippen LogP contribution is 2.32. The van der Waals surface area contributed by atoms with Crippen molar-refractivity contribution >= 4 is 29.2 Å². The van der Waals surface area contributed by atoms with Gasteiger partial charge in [0.25, 0.3) is 0 Å². The first kappa shape index (κ1) is 16.2. The van der Waals surface area contributed by atoms with Crippen LogP contribution in [0.1, 0.15) is 30.5 Å². The number of aromatic nitrogens is 3. The fraction of sp³-hybridized carbons (Fsp3) is 0.400. The zero-order valence-electron chi connectivity index (χ0n) is 12.3. The molecule has 2 aromatic rings. The fourth-order valence-corrected chi connectivity index (χ4v) is 3.34. The van der Waals surface area contributed by atoms with E-state index in [1.807, 2.05) is 4.90 Å². The normalized spacial score (nSPS) is 20.3. The second-order valence-corrected chi connectivity index (χ2v) is 6.40. The number of aliphatic carboxylic acids is 1. The van der Waals surface area contributed by atoms with Gasteiger partial charge in [-0.2, -0.15) is 5.10 Å². The smallest absolute Gasteiger partial charge is 0.325 e. The van der Waals surface area contributed by atoms with Gasteiger partial charge in [-0.05, 0) is 37.1 Å². The summed E-state index contributed by atoms with van der Waals surface area (Å²) in [4.78, 5) is 17.7. The molecule has 1 aromatic carbocycles. The largest absolute Gasteiger partial charge is 0.480 e. The monoisotopic (exact) mass is 354 g/mol. The number of likely N-dealkylation sites (tertiary alicyclic amines) is 1. The Balaban J connectivity index is 1.85. The molecule has 1 saturated heterocycles. The highest BCUT2D eigenvalue weighted by molar-refractivity contribution is 6.42. The second-order valence-electron chi connectivity index (χ2n) is 5.58. The van der Waals surface area contributed by atoms with E-state index in [-0.39, 0.29) is 6.04 Å². The van der Waals surface area contributed by atoms with E-state index < -0.39 is 12.0 Å². The summed E-state index contributed by atoms with van der Waals surface area (Å²) in [5.74, 6) is -0.900. The Labute approximate surface area is 143 Å². The molecular weight excluding hydrogens is 339 g/mol. The molecule has 1 N–H and O–H groups in total. The van der Waals surface area contributed by atoms with Crippen LogP contribution in [0.2, 0.25) is 10.0 Å². The molecule has 2 atom stereocenters. The van der Waals surface area contributed by atoms with Gasteiger partial charge in [-0.1, -0.05) is 29.3 Å². The van der Waals surface area contributed by atoms with Gasteiger partial charge in [0.05, 0.1) is 16.1 Å². The van der Waals surface area contributed by atoms with E-state index in [2.05, 4.69) is 10.1 Å². The van der Waals surface area contributed by atoms with E-state index in [0.29, 0.717) is 28.7 Å². The van der Waals surface area contributed by atoms with Crippen molar-refractivity contribution in [3.63, 3.8) is 0 Å². The van der Waals surface area contributed by atoms with Crippen LogP contribution in [-0.4, -0.2) is 43.8 Å². The first-order valence-corrected chi connectivity index (χ1v) is 8.08. The Morgan fingerprint density at radius 1 is 1.35 bits per heavy atom. The molecule has 1 aliphatic rings. The maximum absolute atomic E-state index is 11.8. The molecule has 23 heavy (non-hydrogen) atoms. The standard InChI is InChI=1S/C15H16Cl2N4O2/c16-12-4-3-10(6-13(12)17)14(15(22)23)20-5-1-2-11(7-20)21-9-18-8-19-21/h3-4,6,8-9,11,14H,1-2,5,7H2,(H,22,23). The molecule has 3 rings (SSSR count). The lowest BCUT2D eigenvalue weighted by atomic mass is 9.99. The molecule has 0 saturated carbocycles. The second kappa shape index (κ2) is 6.86. The van der Waals surface area contributed by atoms with Gasteiger partial charge in [-0.3, -0.25) is 9.69 Å². The number of nitrogens with zero attached hydrogens (tertiary/aromatic N) is 4. The minimum absolute atomic E-state index is 0.121. The van der Waals surface area contributed by atoms with Gasteiger partial charge in [0.2, 0.25) is 0 Å². The zero-order chi connectivity index (χ0) is 16.4. The lowest BCUT2D eigenvalue weighted by molar-refractivity contribution is -0.144. The average molecular weight is 355 g/mol. The van der Waals surface area contributed by atoms with Crippen LogP contribution >= 0.6 is 23.2 Å². The predicted molar refractivity (Wildman–Crippen MR) is 86.7 cm³/mol. The summed E-state index contributed by atoms with van der Waals surface area (Å²) in [7, 11) is 0. The Bertz CT molecular complexity index is 693. The van der Waals surface area contributed by atoms with Crippen molar-refractivity contribution in [2.75, 3.05) is 13.1 Å². The number of hydrogen-bond donors (Lipinski definition) is 1. The number of rotatable bonds is 4. The van der Waals surface area contributed by atoms with Crippen LogP contribution in [-0.2, 0) is 4.79 Å². The van der Waals surface area contributed by atoms with Crippen molar-refractivity contribution in [2.24, 2.45) is 0 Å². The zero-order valence-corrected chi connectivity index (χ0v) is 13.8. The van der Waals surface area contributed by atoms with Crippen molar-refractivity contribution in [2.45, 2.75) is 24.9 Å². The van der Waals surface area contributed by atoms with Crippen LogP contribution in [0.25, 0.3) is 0 Å². The first-order chi connectivity index (χ1) is 11.1. The van der Waals surface area contributed by atoms with Crippen molar-refractivity contribution in [1.82, 2.24) is 19.7 Å². The molecule has 122 valence electrons. The van der Waals surface area contributed by atoms with E-state index in [4.69, 9.17) is 23.2 Å². The summed E-state index contributed by atoms with van der Waals surface area (Å²) in [5.41, 5.74) is 0.631. The third kappa shape index (κ3) is 3.49. The first-order valence-electron chi connectivity index (χ1n) is 7.32. The van der Waals surface area contributed by atoms with Crippen molar-refractivity contribution < 1.29 is 9.90 Å². The molecule has 0 amide bonds. The lowest BCUT2D eigenvalue weighted by Crippen LogP contribution is -2.42. The van der Waals surface area contributed by atoms with E-state index >= 15 is 0 Å².